The summed E-state index contributed by atoms with van der Waals surface area (Å²) in [6.45, 7) is 0.289. The molecule has 0 aliphatic heterocycles. The smallest absolute Gasteiger partial charge is 0.311 e. The molecular formula is C13H14ClNO4. The van der Waals surface area contributed by atoms with E-state index < -0.39 is 4.92 Å². The van der Waals surface area contributed by atoms with Crippen molar-refractivity contribution >= 4 is 23.1 Å². The summed E-state index contributed by atoms with van der Waals surface area (Å²) in [5, 5.41) is 11.2. The van der Waals surface area contributed by atoms with Gasteiger partial charge in [0.1, 0.15) is 5.78 Å². The van der Waals surface area contributed by atoms with Crippen LogP contribution in [0.3, 0.4) is 0 Å². The summed E-state index contributed by atoms with van der Waals surface area (Å²) in [5.74, 6) is 0.463. The molecule has 1 unspecified atom stereocenters. The molecule has 2 rings (SSSR count). The average molecular weight is 284 g/mol. The summed E-state index contributed by atoms with van der Waals surface area (Å²) < 4.78 is 5.41. The predicted octanol–water partition coefficient (Wildman–Crippen LogP) is 3.39. The third-order valence-electron chi connectivity index (χ3n) is 3.27. The number of hydrogen-bond acceptors (Lipinski definition) is 4. The number of carbonyl (C=O) groups is 1. The zero-order chi connectivity index (χ0) is 13.8. The van der Waals surface area contributed by atoms with Gasteiger partial charge in [0.2, 0.25) is 0 Å². The zero-order valence-electron chi connectivity index (χ0n) is 10.3. The topological polar surface area (TPSA) is 69.4 Å². The first-order valence-electron chi connectivity index (χ1n) is 6.17. The second-order valence-corrected chi connectivity index (χ2v) is 5.00. The van der Waals surface area contributed by atoms with Crippen molar-refractivity contribution in [3.8, 4) is 5.75 Å². The molecule has 1 fully saturated rings. The molecule has 0 spiro atoms. The van der Waals surface area contributed by atoms with Crippen LogP contribution in [0.1, 0.15) is 25.7 Å². The number of Topliss-reactive ketones (excluding diaryl/α,β-unsaturated/α-hetero) is 1. The Hall–Kier alpha value is -1.62. The highest BCUT2D eigenvalue weighted by atomic mass is 35.5. The number of ketones is 1. The minimum absolute atomic E-state index is 0.0400. The number of nitro benzene ring substituents is 1. The van der Waals surface area contributed by atoms with Gasteiger partial charge in [-0.3, -0.25) is 14.9 Å². The summed E-state index contributed by atoms with van der Waals surface area (Å²) in [5.41, 5.74) is -0.109. The van der Waals surface area contributed by atoms with E-state index in [1.54, 1.807) is 0 Å². The van der Waals surface area contributed by atoms with Gasteiger partial charge in [-0.1, -0.05) is 11.6 Å². The van der Waals surface area contributed by atoms with Gasteiger partial charge < -0.3 is 4.74 Å². The molecule has 0 heterocycles. The summed E-state index contributed by atoms with van der Waals surface area (Å²) in [4.78, 5) is 21.8. The second kappa shape index (κ2) is 6.02. The van der Waals surface area contributed by atoms with E-state index >= 15 is 0 Å². The minimum atomic E-state index is -0.508. The van der Waals surface area contributed by atoms with E-state index in [2.05, 4.69) is 0 Å². The van der Waals surface area contributed by atoms with Crippen molar-refractivity contribution in [1.82, 2.24) is 0 Å². The van der Waals surface area contributed by atoms with Gasteiger partial charge in [-0.15, -0.1) is 0 Å². The lowest BCUT2D eigenvalue weighted by molar-refractivity contribution is -0.385. The molecule has 5 nitrogen and oxygen atoms in total. The molecule has 1 saturated carbocycles. The van der Waals surface area contributed by atoms with Gasteiger partial charge in [-0.2, -0.15) is 0 Å². The quantitative estimate of drug-likeness (QED) is 0.613. The van der Waals surface area contributed by atoms with Crippen molar-refractivity contribution in [2.24, 2.45) is 5.92 Å². The number of nitro groups is 1. The third-order valence-corrected chi connectivity index (χ3v) is 3.51. The molecule has 0 bridgehead atoms. The highest BCUT2D eigenvalue weighted by molar-refractivity contribution is 6.30. The van der Waals surface area contributed by atoms with Gasteiger partial charge in [-0.25, -0.2) is 0 Å². The van der Waals surface area contributed by atoms with Gasteiger partial charge in [0.15, 0.2) is 5.75 Å². The average Bonchev–Trinajstić information content (AvgIpc) is 2.75. The maximum Gasteiger partial charge on any atom is 0.311 e. The number of nitrogens with zero attached hydrogens (tertiary/aromatic N) is 1. The van der Waals surface area contributed by atoms with Crippen LogP contribution in [0.2, 0.25) is 5.02 Å². The SMILES string of the molecule is O=C1CCCC1CCOc1cc(Cl)ccc1[N+](=O)[O-]. The van der Waals surface area contributed by atoms with E-state index in [4.69, 9.17) is 16.3 Å². The van der Waals surface area contributed by atoms with Crippen LogP contribution in [0.15, 0.2) is 18.2 Å². The fraction of sp³-hybridized carbons (Fsp3) is 0.462. The Labute approximate surface area is 115 Å². The zero-order valence-corrected chi connectivity index (χ0v) is 11.1. The summed E-state index contributed by atoms with van der Waals surface area (Å²) in [7, 11) is 0. The maximum absolute atomic E-state index is 11.5. The van der Waals surface area contributed by atoms with Crippen molar-refractivity contribution in [2.45, 2.75) is 25.7 Å². The Morgan fingerprint density at radius 3 is 2.89 bits per heavy atom. The van der Waals surface area contributed by atoms with Crippen LogP contribution >= 0.6 is 11.6 Å². The predicted molar refractivity (Wildman–Crippen MR) is 70.6 cm³/mol. The van der Waals surface area contributed by atoms with Gasteiger partial charge in [0.25, 0.3) is 0 Å². The normalized spacial score (nSPS) is 18.6. The second-order valence-electron chi connectivity index (χ2n) is 4.56. The molecule has 1 atom stereocenters. The van der Waals surface area contributed by atoms with E-state index in [0.717, 1.165) is 12.8 Å². The lowest BCUT2D eigenvalue weighted by Gasteiger charge is -2.10. The van der Waals surface area contributed by atoms with Crippen LogP contribution in [-0.2, 0) is 4.79 Å². The van der Waals surface area contributed by atoms with Crippen LogP contribution in [-0.4, -0.2) is 17.3 Å². The first kappa shape index (κ1) is 13.8. The molecule has 1 aromatic rings. The Bertz CT molecular complexity index is 503. The standard InChI is InChI=1S/C13H14ClNO4/c14-10-4-5-11(15(17)18)13(8-10)19-7-6-9-2-1-3-12(9)16/h4-5,8-9H,1-3,6-7H2. The lowest BCUT2D eigenvalue weighted by Crippen LogP contribution is -2.11. The molecule has 0 radical (unpaired) electrons. The maximum atomic E-state index is 11.5. The van der Waals surface area contributed by atoms with Crippen molar-refractivity contribution < 1.29 is 14.5 Å². The van der Waals surface area contributed by atoms with Crippen LogP contribution in [0.4, 0.5) is 5.69 Å². The van der Waals surface area contributed by atoms with Crippen molar-refractivity contribution in [2.75, 3.05) is 6.61 Å². The molecule has 0 N–H and O–H groups in total. The lowest BCUT2D eigenvalue weighted by atomic mass is 10.0. The molecule has 0 saturated heterocycles. The van der Waals surface area contributed by atoms with E-state index in [-0.39, 0.29) is 29.7 Å². The number of halogens is 1. The first-order chi connectivity index (χ1) is 9.08. The summed E-state index contributed by atoms with van der Waals surface area (Å²) >= 11 is 5.79. The molecule has 1 aliphatic rings. The van der Waals surface area contributed by atoms with Crippen molar-refractivity contribution in [1.29, 1.82) is 0 Å². The van der Waals surface area contributed by atoms with Crippen molar-refractivity contribution in [3.05, 3.63) is 33.3 Å². The number of rotatable bonds is 5. The van der Waals surface area contributed by atoms with Crippen molar-refractivity contribution in [3.63, 3.8) is 0 Å². The summed E-state index contributed by atoms with van der Waals surface area (Å²) in [6.07, 6.45) is 3.06. The monoisotopic (exact) mass is 283 g/mol. The van der Waals surface area contributed by atoms with Crippen LogP contribution in [0.25, 0.3) is 0 Å². The summed E-state index contributed by atoms with van der Waals surface area (Å²) in [6, 6.07) is 4.20. The Morgan fingerprint density at radius 1 is 1.47 bits per heavy atom. The molecule has 0 amide bonds. The fourth-order valence-electron chi connectivity index (χ4n) is 2.26. The minimum Gasteiger partial charge on any atom is -0.487 e. The van der Waals surface area contributed by atoms with E-state index in [9.17, 15) is 14.9 Å². The van der Waals surface area contributed by atoms with E-state index in [0.29, 0.717) is 17.9 Å². The van der Waals surface area contributed by atoms with Gasteiger partial charge >= 0.3 is 5.69 Å². The molecule has 1 aromatic carbocycles. The highest BCUT2D eigenvalue weighted by Gasteiger charge is 2.24. The molecule has 19 heavy (non-hydrogen) atoms. The van der Waals surface area contributed by atoms with Gasteiger partial charge in [0.05, 0.1) is 11.5 Å². The number of benzene rings is 1. The number of carbonyl (C=O) groups excluding carboxylic acids is 1. The largest absolute Gasteiger partial charge is 0.487 e. The molecule has 6 heteroatoms. The molecule has 102 valence electrons. The molecular weight excluding hydrogens is 270 g/mol. The van der Waals surface area contributed by atoms with Gasteiger partial charge in [-0.05, 0) is 25.3 Å². The number of hydrogen-bond donors (Lipinski definition) is 0. The Morgan fingerprint density at radius 2 is 2.26 bits per heavy atom. The van der Waals surface area contributed by atoms with E-state index in [1.165, 1.54) is 18.2 Å². The molecule has 0 aromatic heterocycles. The molecule has 1 aliphatic carbocycles. The van der Waals surface area contributed by atoms with Crippen LogP contribution in [0, 0.1) is 16.0 Å². The number of ether oxygens (including phenoxy) is 1. The fourth-order valence-corrected chi connectivity index (χ4v) is 2.42. The van der Waals surface area contributed by atoms with Gasteiger partial charge in [0, 0.05) is 29.5 Å². The van der Waals surface area contributed by atoms with E-state index in [1.807, 2.05) is 0 Å². The first-order valence-corrected chi connectivity index (χ1v) is 6.55. The Kier molecular flexibility index (Phi) is 4.37. The third kappa shape index (κ3) is 3.44. The highest BCUT2D eigenvalue weighted by Crippen LogP contribution is 2.31. The Balaban J connectivity index is 1.97. The van der Waals surface area contributed by atoms with Crippen LogP contribution in [0.5, 0.6) is 5.75 Å². The van der Waals surface area contributed by atoms with Crippen LogP contribution < -0.4 is 4.74 Å².